The van der Waals surface area contributed by atoms with E-state index in [1.807, 2.05) is 36.4 Å². The van der Waals surface area contributed by atoms with Crippen LogP contribution in [0.5, 0.6) is 0 Å². The molecule has 1 aliphatic carbocycles. The smallest absolute Gasteiger partial charge is 0.414 e. The van der Waals surface area contributed by atoms with Gasteiger partial charge in [0.2, 0.25) is 17.5 Å². The molecule has 1 aliphatic rings. The van der Waals surface area contributed by atoms with Crippen molar-refractivity contribution in [3.63, 3.8) is 0 Å². The largest absolute Gasteiger partial charge is 0.444 e. The summed E-state index contributed by atoms with van der Waals surface area (Å²) in [6.45, 7) is 0.151. The van der Waals surface area contributed by atoms with Crippen LogP contribution < -0.4 is 5.32 Å². The number of oxazole rings is 1. The summed E-state index contributed by atoms with van der Waals surface area (Å²) in [7, 11) is 0. The molecule has 1 aromatic carbocycles. The highest BCUT2D eigenvalue weighted by molar-refractivity contribution is 5.84. The van der Waals surface area contributed by atoms with E-state index >= 15 is 0 Å². The van der Waals surface area contributed by atoms with Gasteiger partial charge >= 0.3 is 6.09 Å². The van der Waals surface area contributed by atoms with Crippen LogP contribution in [-0.4, -0.2) is 11.1 Å². The molecule has 1 saturated carbocycles. The SMILES string of the molecule is N#Cc1nc(C2CC2)oc1NC(=O)OCc1ccccc1. The molecule has 1 fully saturated rings. The molecule has 0 spiro atoms. The van der Waals surface area contributed by atoms with Gasteiger partial charge in [-0.1, -0.05) is 30.3 Å². The monoisotopic (exact) mass is 283 g/mol. The number of aromatic nitrogens is 1. The number of hydrogen-bond acceptors (Lipinski definition) is 5. The van der Waals surface area contributed by atoms with Crippen LogP contribution in [0.1, 0.15) is 35.9 Å². The minimum atomic E-state index is -0.672. The number of amides is 1. The number of benzene rings is 1. The van der Waals surface area contributed by atoms with Crippen LogP contribution in [0.15, 0.2) is 34.7 Å². The first-order valence-electron chi connectivity index (χ1n) is 6.65. The topological polar surface area (TPSA) is 88.2 Å². The fourth-order valence-electron chi connectivity index (χ4n) is 1.85. The average Bonchev–Trinajstić information content (AvgIpc) is 3.28. The highest BCUT2D eigenvalue weighted by Gasteiger charge is 2.30. The van der Waals surface area contributed by atoms with E-state index in [0.29, 0.717) is 5.89 Å². The quantitative estimate of drug-likeness (QED) is 0.931. The summed E-state index contributed by atoms with van der Waals surface area (Å²) in [6, 6.07) is 11.2. The van der Waals surface area contributed by atoms with E-state index in [0.717, 1.165) is 18.4 Å². The number of hydrogen-bond donors (Lipinski definition) is 1. The summed E-state index contributed by atoms with van der Waals surface area (Å²) in [5.74, 6) is 0.829. The molecule has 6 nitrogen and oxygen atoms in total. The van der Waals surface area contributed by atoms with Crippen LogP contribution in [0, 0.1) is 11.3 Å². The molecule has 1 heterocycles. The molecule has 6 heteroatoms. The zero-order valence-electron chi connectivity index (χ0n) is 11.2. The Morgan fingerprint density at radius 3 is 2.86 bits per heavy atom. The number of nitrogens with one attached hydrogen (secondary N) is 1. The maximum atomic E-state index is 11.7. The standard InChI is InChI=1S/C15H13N3O3/c16-8-12-14(21-13(17-12)11-6-7-11)18-15(19)20-9-10-4-2-1-3-5-10/h1-5,11H,6-7,9H2,(H,18,19). The number of nitrogens with zero attached hydrogens (tertiary/aromatic N) is 2. The van der Waals surface area contributed by atoms with Gasteiger partial charge in [0.25, 0.3) is 0 Å². The van der Waals surface area contributed by atoms with Crippen molar-refractivity contribution in [2.45, 2.75) is 25.4 Å². The Labute approximate surface area is 121 Å². The summed E-state index contributed by atoms with van der Waals surface area (Å²) in [5, 5.41) is 11.4. The Hall–Kier alpha value is -2.81. The highest BCUT2D eigenvalue weighted by atomic mass is 16.6. The first-order chi connectivity index (χ1) is 10.3. The van der Waals surface area contributed by atoms with Crippen molar-refractivity contribution < 1.29 is 13.9 Å². The second kappa shape index (κ2) is 5.67. The van der Waals surface area contributed by atoms with E-state index in [1.165, 1.54) is 0 Å². The lowest BCUT2D eigenvalue weighted by Gasteiger charge is -2.04. The Bertz CT molecular complexity index is 684. The molecule has 1 N–H and O–H groups in total. The van der Waals surface area contributed by atoms with Gasteiger partial charge in [-0.15, -0.1) is 0 Å². The van der Waals surface area contributed by atoms with Crippen molar-refractivity contribution >= 4 is 12.0 Å². The van der Waals surface area contributed by atoms with Crippen LogP contribution in [-0.2, 0) is 11.3 Å². The Kier molecular flexibility index (Phi) is 3.56. The third-order valence-electron chi connectivity index (χ3n) is 3.10. The van der Waals surface area contributed by atoms with Gasteiger partial charge in [-0.3, -0.25) is 5.32 Å². The molecule has 1 amide bonds. The molecule has 106 valence electrons. The molecular weight excluding hydrogens is 270 g/mol. The molecule has 2 aromatic rings. The van der Waals surface area contributed by atoms with Crippen molar-refractivity contribution in [3.05, 3.63) is 47.5 Å². The molecule has 0 bridgehead atoms. The number of anilines is 1. The predicted octanol–water partition coefficient (Wildman–Crippen LogP) is 3.17. The van der Waals surface area contributed by atoms with Crippen molar-refractivity contribution in [2.75, 3.05) is 5.32 Å². The summed E-state index contributed by atoms with van der Waals surface area (Å²) in [6.07, 6.45) is 1.33. The number of ether oxygens (including phenoxy) is 1. The van der Waals surface area contributed by atoms with Crippen LogP contribution in [0.4, 0.5) is 10.7 Å². The van der Waals surface area contributed by atoms with Crippen LogP contribution in [0.2, 0.25) is 0 Å². The zero-order chi connectivity index (χ0) is 14.7. The third kappa shape index (κ3) is 3.20. The molecule has 1 aromatic heterocycles. The summed E-state index contributed by atoms with van der Waals surface area (Å²) < 4.78 is 10.5. The minimum Gasteiger partial charge on any atom is -0.444 e. The van der Waals surface area contributed by atoms with Gasteiger partial charge in [-0.2, -0.15) is 5.26 Å². The summed E-state index contributed by atoms with van der Waals surface area (Å²) in [5.41, 5.74) is 0.956. The molecule has 0 saturated heterocycles. The van der Waals surface area contributed by atoms with Gasteiger partial charge in [-0.05, 0) is 18.4 Å². The van der Waals surface area contributed by atoms with Crippen molar-refractivity contribution in [2.24, 2.45) is 0 Å². The lowest BCUT2D eigenvalue weighted by molar-refractivity contribution is 0.154. The van der Waals surface area contributed by atoms with Gasteiger partial charge in [0.05, 0.1) is 0 Å². The second-order valence-electron chi connectivity index (χ2n) is 4.80. The van der Waals surface area contributed by atoms with Crippen LogP contribution in [0.3, 0.4) is 0 Å². The molecule has 21 heavy (non-hydrogen) atoms. The Morgan fingerprint density at radius 2 is 2.19 bits per heavy atom. The summed E-state index contributed by atoms with van der Waals surface area (Å²) in [4.78, 5) is 15.8. The molecule has 0 unspecified atom stereocenters. The first kappa shape index (κ1) is 13.2. The average molecular weight is 283 g/mol. The van der Waals surface area contributed by atoms with Crippen molar-refractivity contribution in [3.8, 4) is 6.07 Å². The van der Waals surface area contributed by atoms with E-state index in [2.05, 4.69) is 10.3 Å². The fraction of sp³-hybridized carbons (Fsp3) is 0.267. The number of carbonyl (C=O) groups is 1. The Balaban J connectivity index is 1.60. The van der Waals surface area contributed by atoms with Crippen LogP contribution >= 0.6 is 0 Å². The molecule has 0 radical (unpaired) electrons. The summed E-state index contributed by atoms with van der Waals surface area (Å²) >= 11 is 0. The fourth-order valence-corrected chi connectivity index (χ4v) is 1.85. The lowest BCUT2D eigenvalue weighted by Crippen LogP contribution is -2.13. The minimum absolute atomic E-state index is 0.0532. The Morgan fingerprint density at radius 1 is 1.43 bits per heavy atom. The lowest BCUT2D eigenvalue weighted by atomic mass is 10.2. The number of carbonyl (C=O) groups excluding carboxylic acids is 1. The number of rotatable bonds is 4. The van der Waals surface area contributed by atoms with Gasteiger partial charge in [0.1, 0.15) is 12.7 Å². The van der Waals surface area contributed by atoms with Gasteiger partial charge in [0, 0.05) is 5.92 Å². The third-order valence-corrected chi connectivity index (χ3v) is 3.10. The maximum absolute atomic E-state index is 11.7. The van der Waals surface area contributed by atoms with E-state index in [-0.39, 0.29) is 24.1 Å². The molecular formula is C15H13N3O3. The van der Waals surface area contributed by atoms with E-state index in [4.69, 9.17) is 14.4 Å². The van der Waals surface area contributed by atoms with E-state index in [9.17, 15) is 4.79 Å². The van der Waals surface area contributed by atoms with E-state index in [1.54, 1.807) is 0 Å². The van der Waals surface area contributed by atoms with Gasteiger partial charge in [0.15, 0.2) is 0 Å². The predicted molar refractivity (Wildman–Crippen MR) is 73.4 cm³/mol. The highest BCUT2D eigenvalue weighted by Crippen LogP contribution is 2.40. The number of nitriles is 1. The van der Waals surface area contributed by atoms with Crippen molar-refractivity contribution in [1.29, 1.82) is 5.26 Å². The molecule has 0 aliphatic heterocycles. The molecule has 3 rings (SSSR count). The second-order valence-corrected chi connectivity index (χ2v) is 4.80. The maximum Gasteiger partial charge on any atom is 0.414 e. The first-order valence-corrected chi connectivity index (χ1v) is 6.65. The molecule has 0 atom stereocenters. The zero-order valence-corrected chi connectivity index (χ0v) is 11.2. The normalized spacial score (nSPS) is 13.5. The van der Waals surface area contributed by atoms with Gasteiger partial charge < -0.3 is 9.15 Å². The van der Waals surface area contributed by atoms with Gasteiger partial charge in [-0.25, -0.2) is 9.78 Å². The van der Waals surface area contributed by atoms with Crippen molar-refractivity contribution in [1.82, 2.24) is 4.98 Å². The van der Waals surface area contributed by atoms with E-state index < -0.39 is 6.09 Å². The van der Waals surface area contributed by atoms with Crippen LogP contribution in [0.25, 0.3) is 0 Å².